The number of nitrogens with zero attached hydrogens (tertiary/aromatic N) is 1. The van der Waals surface area contributed by atoms with Gasteiger partial charge in [-0.2, -0.15) is 5.26 Å². The van der Waals surface area contributed by atoms with Gasteiger partial charge in [-0.15, -0.1) is 11.8 Å². The Morgan fingerprint density at radius 3 is 2.60 bits per heavy atom. The Labute approximate surface area is 95.5 Å². The third-order valence-electron chi connectivity index (χ3n) is 2.85. The molecule has 15 heavy (non-hydrogen) atoms. The van der Waals surface area contributed by atoms with Gasteiger partial charge < -0.3 is 0 Å². The van der Waals surface area contributed by atoms with Crippen LogP contribution in [0.3, 0.4) is 0 Å². The number of benzene rings is 1. The lowest BCUT2D eigenvalue weighted by Gasteiger charge is -2.21. The first-order valence-electron chi connectivity index (χ1n) is 5.56. The molecule has 1 nitrogen and oxygen atoms in total. The Morgan fingerprint density at radius 2 is 1.87 bits per heavy atom. The molecule has 0 radical (unpaired) electrons. The van der Waals surface area contributed by atoms with Gasteiger partial charge in [-0.1, -0.05) is 31.4 Å². The maximum absolute atomic E-state index is 8.98. The smallest absolute Gasteiger partial charge is 0.100 e. The van der Waals surface area contributed by atoms with Gasteiger partial charge in [0.2, 0.25) is 0 Å². The van der Waals surface area contributed by atoms with Crippen molar-refractivity contribution in [2.75, 3.05) is 0 Å². The van der Waals surface area contributed by atoms with Crippen LogP contribution in [0.25, 0.3) is 0 Å². The number of hydrogen-bond acceptors (Lipinski definition) is 2. The summed E-state index contributed by atoms with van der Waals surface area (Å²) in [5.74, 6) is 0. The monoisotopic (exact) mass is 217 g/mol. The highest BCUT2D eigenvalue weighted by atomic mass is 32.2. The van der Waals surface area contributed by atoms with E-state index in [-0.39, 0.29) is 0 Å². The maximum atomic E-state index is 8.98. The van der Waals surface area contributed by atoms with E-state index >= 15 is 0 Å². The summed E-state index contributed by atoms with van der Waals surface area (Å²) in [5, 5.41) is 9.71. The van der Waals surface area contributed by atoms with Crippen molar-refractivity contribution in [2.24, 2.45) is 0 Å². The van der Waals surface area contributed by atoms with Crippen molar-refractivity contribution >= 4 is 11.8 Å². The van der Waals surface area contributed by atoms with E-state index in [1.165, 1.54) is 32.1 Å². The van der Waals surface area contributed by atoms with Crippen LogP contribution in [0.1, 0.15) is 37.7 Å². The molecule has 0 bridgehead atoms. The highest BCUT2D eigenvalue weighted by Crippen LogP contribution is 2.34. The van der Waals surface area contributed by atoms with Crippen LogP contribution in [0.4, 0.5) is 0 Å². The normalized spacial score (nSPS) is 17.3. The Hall–Kier alpha value is -0.940. The van der Waals surface area contributed by atoms with Crippen molar-refractivity contribution in [1.29, 1.82) is 5.26 Å². The highest BCUT2D eigenvalue weighted by molar-refractivity contribution is 8.00. The molecular weight excluding hydrogens is 202 g/mol. The lowest BCUT2D eigenvalue weighted by atomic mass is 10.0. The van der Waals surface area contributed by atoms with E-state index in [0.29, 0.717) is 0 Å². The molecule has 1 aromatic carbocycles. The molecule has 0 heterocycles. The topological polar surface area (TPSA) is 23.8 Å². The van der Waals surface area contributed by atoms with Crippen molar-refractivity contribution in [3.8, 4) is 6.07 Å². The largest absolute Gasteiger partial charge is 0.192 e. The first kappa shape index (κ1) is 10.6. The van der Waals surface area contributed by atoms with Crippen molar-refractivity contribution in [2.45, 2.75) is 42.2 Å². The zero-order chi connectivity index (χ0) is 10.5. The predicted molar refractivity (Wildman–Crippen MR) is 63.9 cm³/mol. The van der Waals surface area contributed by atoms with Gasteiger partial charge in [-0.3, -0.25) is 0 Å². The van der Waals surface area contributed by atoms with Crippen molar-refractivity contribution in [3.05, 3.63) is 29.8 Å². The van der Waals surface area contributed by atoms with Crippen molar-refractivity contribution < 1.29 is 0 Å². The van der Waals surface area contributed by atoms with Crippen molar-refractivity contribution in [1.82, 2.24) is 0 Å². The molecule has 1 saturated carbocycles. The van der Waals surface area contributed by atoms with E-state index in [1.54, 1.807) is 0 Å². The van der Waals surface area contributed by atoms with E-state index in [0.717, 1.165) is 15.7 Å². The summed E-state index contributed by atoms with van der Waals surface area (Å²) < 4.78 is 0. The van der Waals surface area contributed by atoms with Gasteiger partial charge in [0.05, 0.1) is 5.56 Å². The fourth-order valence-corrected chi connectivity index (χ4v) is 3.35. The fraction of sp³-hybridized carbons (Fsp3) is 0.462. The SMILES string of the molecule is N#Cc1ccccc1SC1CCCCC1. The molecule has 0 spiro atoms. The Balaban J connectivity index is 2.06. The summed E-state index contributed by atoms with van der Waals surface area (Å²) in [4.78, 5) is 1.16. The second kappa shape index (κ2) is 5.23. The van der Waals surface area contributed by atoms with E-state index in [2.05, 4.69) is 12.1 Å². The molecule has 2 rings (SSSR count). The second-order valence-corrected chi connectivity index (χ2v) is 5.33. The summed E-state index contributed by atoms with van der Waals surface area (Å²) in [6, 6.07) is 10.2. The second-order valence-electron chi connectivity index (χ2n) is 3.99. The molecule has 0 aromatic heterocycles. The number of thioether (sulfide) groups is 1. The Morgan fingerprint density at radius 1 is 1.13 bits per heavy atom. The average molecular weight is 217 g/mol. The lowest BCUT2D eigenvalue weighted by molar-refractivity contribution is 0.516. The van der Waals surface area contributed by atoms with E-state index in [1.807, 2.05) is 30.0 Å². The van der Waals surface area contributed by atoms with Crippen molar-refractivity contribution in [3.63, 3.8) is 0 Å². The van der Waals surface area contributed by atoms with Gasteiger partial charge in [0.1, 0.15) is 6.07 Å². The molecule has 0 unspecified atom stereocenters. The first-order valence-corrected chi connectivity index (χ1v) is 6.44. The molecule has 0 atom stereocenters. The summed E-state index contributed by atoms with van der Waals surface area (Å²) in [5.41, 5.74) is 0.827. The number of nitriles is 1. The zero-order valence-corrected chi connectivity index (χ0v) is 9.59. The fourth-order valence-electron chi connectivity index (χ4n) is 2.02. The van der Waals surface area contributed by atoms with Crippen LogP contribution in [0, 0.1) is 11.3 Å². The summed E-state index contributed by atoms with van der Waals surface area (Å²) >= 11 is 1.89. The van der Waals surface area contributed by atoms with Crippen LogP contribution in [0.2, 0.25) is 0 Å². The maximum Gasteiger partial charge on any atom is 0.100 e. The van der Waals surface area contributed by atoms with Crippen LogP contribution >= 0.6 is 11.8 Å². The van der Waals surface area contributed by atoms with Gasteiger partial charge in [0, 0.05) is 10.1 Å². The zero-order valence-electron chi connectivity index (χ0n) is 8.78. The van der Waals surface area contributed by atoms with Gasteiger partial charge in [0.25, 0.3) is 0 Å². The molecule has 78 valence electrons. The minimum atomic E-state index is 0.730. The molecule has 0 N–H and O–H groups in total. The molecule has 1 aromatic rings. The summed E-state index contributed by atoms with van der Waals surface area (Å²) in [7, 11) is 0. The molecule has 1 fully saturated rings. The average Bonchev–Trinajstić information content (AvgIpc) is 2.31. The van der Waals surface area contributed by atoms with Crippen LogP contribution in [-0.4, -0.2) is 5.25 Å². The van der Waals surface area contributed by atoms with Crippen LogP contribution < -0.4 is 0 Å². The van der Waals surface area contributed by atoms with Crippen LogP contribution in [0.5, 0.6) is 0 Å². The van der Waals surface area contributed by atoms with Crippen LogP contribution in [-0.2, 0) is 0 Å². The molecule has 0 amide bonds. The third kappa shape index (κ3) is 2.76. The van der Waals surface area contributed by atoms with Gasteiger partial charge in [0.15, 0.2) is 0 Å². The molecule has 0 aliphatic heterocycles. The van der Waals surface area contributed by atoms with Gasteiger partial charge >= 0.3 is 0 Å². The molecule has 0 saturated heterocycles. The van der Waals surface area contributed by atoms with Gasteiger partial charge in [-0.05, 0) is 25.0 Å². The quantitative estimate of drug-likeness (QED) is 0.748. The Bertz CT molecular complexity index is 361. The lowest BCUT2D eigenvalue weighted by Crippen LogP contribution is -2.07. The van der Waals surface area contributed by atoms with Crippen LogP contribution in [0.15, 0.2) is 29.2 Å². The minimum absolute atomic E-state index is 0.730. The number of hydrogen-bond donors (Lipinski definition) is 0. The highest BCUT2D eigenvalue weighted by Gasteiger charge is 2.15. The first-order chi connectivity index (χ1) is 7.40. The molecular formula is C13H15NS. The van der Waals surface area contributed by atoms with E-state index in [4.69, 9.17) is 5.26 Å². The van der Waals surface area contributed by atoms with E-state index < -0.39 is 0 Å². The third-order valence-corrected chi connectivity index (χ3v) is 4.27. The molecule has 1 aliphatic rings. The van der Waals surface area contributed by atoms with E-state index in [9.17, 15) is 0 Å². The molecule has 1 aliphatic carbocycles. The number of rotatable bonds is 2. The molecule has 2 heteroatoms. The predicted octanol–water partition coefficient (Wildman–Crippen LogP) is 3.98. The van der Waals surface area contributed by atoms with Gasteiger partial charge in [-0.25, -0.2) is 0 Å². The summed E-state index contributed by atoms with van der Waals surface area (Å²) in [6.45, 7) is 0. The standard InChI is InChI=1S/C13H15NS/c14-10-11-6-4-5-9-13(11)15-12-7-2-1-3-8-12/h4-6,9,12H,1-3,7-8H2. The Kier molecular flexibility index (Phi) is 3.69. The summed E-state index contributed by atoms with van der Waals surface area (Å²) in [6.07, 6.45) is 6.71. The minimum Gasteiger partial charge on any atom is -0.192 e.